The summed E-state index contributed by atoms with van der Waals surface area (Å²) >= 11 is 0. The highest BCUT2D eigenvalue weighted by Gasteiger charge is 2.17. The number of methoxy groups -OCH3 is 1. The maximum atomic E-state index is 5.98. The third kappa shape index (κ3) is 6.02. The van der Waals surface area contributed by atoms with Crippen LogP contribution >= 0.6 is 0 Å². The minimum atomic E-state index is 0.461. The highest BCUT2D eigenvalue weighted by molar-refractivity contribution is 5.92. The lowest BCUT2D eigenvalue weighted by Gasteiger charge is -2.35. The normalized spacial score (nSPS) is 18.4. The maximum Gasteiger partial charge on any atom is 0.193 e. The Labute approximate surface area is 145 Å². The molecule has 1 fully saturated rings. The molecule has 0 radical (unpaired) electrons. The smallest absolute Gasteiger partial charge is 0.193 e. The topological polar surface area (TPSA) is 66.1 Å². The standard InChI is InChI=1S/C18H31N5O/c1-4-22-9-11-23(12-10-22)14-15(2)13-20-18(19)21-16-5-7-17(24-3)8-6-16/h5-8,15H,4,9-14H2,1-3H3,(H3,19,20,21). The van der Waals surface area contributed by atoms with E-state index in [4.69, 9.17) is 10.5 Å². The number of hydrogen-bond donors (Lipinski definition) is 2. The number of ether oxygens (including phenoxy) is 1. The predicted octanol–water partition coefficient (Wildman–Crippen LogP) is 1.70. The zero-order valence-corrected chi connectivity index (χ0v) is 15.2. The maximum absolute atomic E-state index is 5.98. The van der Waals surface area contributed by atoms with Gasteiger partial charge in [0.05, 0.1) is 7.11 Å². The van der Waals surface area contributed by atoms with E-state index in [2.05, 4.69) is 34.0 Å². The molecule has 0 saturated carbocycles. The lowest BCUT2D eigenvalue weighted by Crippen LogP contribution is -2.47. The Morgan fingerprint density at radius 1 is 1.21 bits per heavy atom. The van der Waals surface area contributed by atoms with Crippen molar-refractivity contribution in [2.45, 2.75) is 13.8 Å². The van der Waals surface area contributed by atoms with E-state index in [-0.39, 0.29) is 0 Å². The highest BCUT2D eigenvalue weighted by Crippen LogP contribution is 2.14. The molecule has 0 bridgehead atoms. The molecule has 1 aromatic rings. The highest BCUT2D eigenvalue weighted by atomic mass is 16.5. The van der Waals surface area contributed by atoms with E-state index in [1.807, 2.05) is 24.3 Å². The van der Waals surface area contributed by atoms with Gasteiger partial charge in [0.2, 0.25) is 0 Å². The zero-order valence-electron chi connectivity index (χ0n) is 15.2. The fourth-order valence-electron chi connectivity index (χ4n) is 2.90. The molecule has 1 unspecified atom stereocenters. The number of hydrogen-bond acceptors (Lipinski definition) is 4. The lowest BCUT2D eigenvalue weighted by atomic mass is 10.1. The van der Waals surface area contributed by atoms with Gasteiger partial charge in [0.25, 0.3) is 0 Å². The van der Waals surface area contributed by atoms with Crippen LogP contribution in [0.25, 0.3) is 0 Å². The van der Waals surface area contributed by atoms with Gasteiger partial charge in [-0.3, -0.25) is 4.99 Å². The average molecular weight is 333 g/mol. The van der Waals surface area contributed by atoms with Crippen LogP contribution in [0.5, 0.6) is 5.75 Å². The molecule has 1 aliphatic heterocycles. The van der Waals surface area contributed by atoms with Gasteiger partial charge in [-0.15, -0.1) is 0 Å². The number of rotatable bonds is 7. The number of nitrogens with two attached hydrogens (primary N) is 1. The summed E-state index contributed by atoms with van der Waals surface area (Å²) in [6.45, 7) is 12.1. The van der Waals surface area contributed by atoms with E-state index < -0.39 is 0 Å². The van der Waals surface area contributed by atoms with Crippen molar-refractivity contribution in [2.24, 2.45) is 16.6 Å². The molecular weight excluding hydrogens is 302 g/mol. The summed E-state index contributed by atoms with van der Waals surface area (Å²) in [6.07, 6.45) is 0. The van der Waals surface area contributed by atoms with Crippen molar-refractivity contribution >= 4 is 11.6 Å². The van der Waals surface area contributed by atoms with E-state index in [0.717, 1.165) is 44.2 Å². The number of likely N-dealkylation sites (N-methyl/N-ethyl adjacent to an activating group) is 1. The van der Waals surface area contributed by atoms with Crippen molar-refractivity contribution in [1.82, 2.24) is 9.80 Å². The van der Waals surface area contributed by atoms with Crippen LogP contribution in [0, 0.1) is 5.92 Å². The number of anilines is 1. The van der Waals surface area contributed by atoms with E-state index in [1.54, 1.807) is 7.11 Å². The first-order chi connectivity index (χ1) is 11.6. The van der Waals surface area contributed by atoms with Gasteiger partial charge < -0.3 is 25.6 Å². The molecule has 0 amide bonds. The second kappa shape index (κ2) is 9.49. The van der Waals surface area contributed by atoms with Crippen molar-refractivity contribution in [3.63, 3.8) is 0 Å². The van der Waals surface area contributed by atoms with Gasteiger partial charge in [-0.1, -0.05) is 13.8 Å². The number of piperazine rings is 1. The van der Waals surface area contributed by atoms with Crippen LogP contribution in [0.15, 0.2) is 29.3 Å². The molecule has 1 heterocycles. The third-order valence-electron chi connectivity index (χ3n) is 4.42. The largest absolute Gasteiger partial charge is 0.497 e. The van der Waals surface area contributed by atoms with Gasteiger partial charge in [-0.05, 0) is 36.7 Å². The monoisotopic (exact) mass is 333 g/mol. The van der Waals surface area contributed by atoms with Crippen LogP contribution in [-0.4, -0.2) is 68.7 Å². The molecule has 24 heavy (non-hydrogen) atoms. The van der Waals surface area contributed by atoms with Crippen molar-refractivity contribution in [2.75, 3.05) is 58.2 Å². The first kappa shape index (κ1) is 18.5. The summed E-state index contributed by atoms with van der Waals surface area (Å²) in [4.78, 5) is 9.50. The van der Waals surface area contributed by atoms with Crippen molar-refractivity contribution < 1.29 is 4.74 Å². The Bertz CT molecular complexity index is 509. The summed E-state index contributed by atoms with van der Waals surface area (Å²) < 4.78 is 5.14. The quantitative estimate of drug-likeness (QED) is 0.587. The van der Waals surface area contributed by atoms with Gasteiger partial charge in [0.15, 0.2) is 5.96 Å². The molecule has 0 spiro atoms. The Morgan fingerprint density at radius 3 is 2.42 bits per heavy atom. The second-order valence-corrected chi connectivity index (χ2v) is 6.42. The van der Waals surface area contributed by atoms with Crippen molar-refractivity contribution in [3.8, 4) is 5.75 Å². The molecule has 6 nitrogen and oxygen atoms in total. The Kier molecular flexibility index (Phi) is 7.34. The molecule has 0 aliphatic carbocycles. The molecule has 3 N–H and O–H groups in total. The number of benzene rings is 1. The second-order valence-electron chi connectivity index (χ2n) is 6.42. The lowest BCUT2D eigenvalue weighted by molar-refractivity contribution is 0.125. The fraction of sp³-hybridized carbons (Fsp3) is 0.611. The van der Waals surface area contributed by atoms with Gasteiger partial charge in [0, 0.05) is 45.0 Å². The molecular formula is C18H31N5O. The summed E-state index contributed by atoms with van der Waals surface area (Å²) in [5, 5.41) is 3.12. The Balaban J connectivity index is 1.72. The van der Waals surface area contributed by atoms with E-state index in [0.29, 0.717) is 11.9 Å². The summed E-state index contributed by atoms with van der Waals surface area (Å²) in [7, 11) is 1.65. The molecule has 0 aromatic heterocycles. The van der Waals surface area contributed by atoms with Crippen molar-refractivity contribution in [1.29, 1.82) is 0 Å². The summed E-state index contributed by atoms with van der Waals surface area (Å²) in [6, 6.07) is 7.65. The molecule has 1 aliphatic rings. The zero-order chi connectivity index (χ0) is 17.4. The van der Waals surface area contributed by atoms with Crippen LogP contribution in [0.3, 0.4) is 0 Å². The first-order valence-electron chi connectivity index (χ1n) is 8.76. The summed E-state index contributed by atoms with van der Waals surface area (Å²) in [5.74, 6) is 1.78. The van der Waals surface area contributed by atoms with Gasteiger partial charge >= 0.3 is 0 Å². The average Bonchev–Trinajstić information content (AvgIpc) is 2.61. The molecule has 1 saturated heterocycles. The molecule has 1 aromatic carbocycles. The SMILES string of the molecule is CCN1CCN(CC(C)CN=C(N)Nc2ccc(OC)cc2)CC1. The van der Waals surface area contributed by atoms with E-state index >= 15 is 0 Å². The third-order valence-corrected chi connectivity index (χ3v) is 4.42. The Hall–Kier alpha value is -1.79. The van der Waals surface area contributed by atoms with E-state index in [9.17, 15) is 0 Å². The number of aliphatic imine (C=N–C) groups is 1. The van der Waals surface area contributed by atoms with Crippen LogP contribution in [0.2, 0.25) is 0 Å². The van der Waals surface area contributed by atoms with Gasteiger partial charge in [-0.2, -0.15) is 0 Å². The van der Waals surface area contributed by atoms with Crippen LogP contribution < -0.4 is 15.8 Å². The molecule has 134 valence electrons. The minimum absolute atomic E-state index is 0.461. The molecule has 1 atom stereocenters. The Morgan fingerprint density at radius 2 is 1.83 bits per heavy atom. The van der Waals surface area contributed by atoms with Crippen LogP contribution in [-0.2, 0) is 0 Å². The number of nitrogens with zero attached hydrogens (tertiary/aromatic N) is 3. The minimum Gasteiger partial charge on any atom is -0.497 e. The van der Waals surface area contributed by atoms with Gasteiger partial charge in [0.1, 0.15) is 5.75 Å². The van der Waals surface area contributed by atoms with Crippen molar-refractivity contribution in [3.05, 3.63) is 24.3 Å². The molecule has 2 rings (SSSR count). The van der Waals surface area contributed by atoms with Crippen LogP contribution in [0.4, 0.5) is 5.69 Å². The number of guanidine groups is 1. The fourth-order valence-corrected chi connectivity index (χ4v) is 2.90. The van der Waals surface area contributed by atoms with Crippen LogP contribution in [0.1, 0.15) is 13.8 Å². The first-order valence-corrected chi connectivity index (χ1v) is 8.76. The van der Waals surface area contributed by atoms with E-state index in [1.165, 1.54) is 13.1 Å². The molecule has 6 heteroatoms. The summed E-state index contributed by atoms with van der Waals surface area (Å²) in [5.41, 5.74) is 6.90. The number of nitrogens with one attached hydrogen (secondary N) is 1. The predicted molar refractivity (Wildman–Crippen MR) is 101 cm³/mol. The van der Waals surface area contributed by atoms with Gasteiger partial charge in [-0.25, -0.2) is 0 Å².